The maximum absolute atomic E-state index is 14.1. The van der Waals surface area contributed by atoms with Crippen molar-refractivity contribution < 1.29 is 22.0 Å². The standard InChI is InChI=1S/C28H21ClF2N4O3S/c29-23-14-22(8-9-24(23)31)39(37,38)34-12-10-19-13-26-18(16-33-35(26)21-6-4-20(30)5-7-21)15-28(19,17-34)27(36)25-3-1-2-11-32-25/h1-9,11,13-14,16H,10,12,15,17H2/t28-/m0/s1. The van der Waals surface area contributed by atoms with Gasteiger partial charge < -0.3 is 0 Å². The van der Waals surface area contributed by atoms with Crippen molar-refractivity contribution in [2.24, 2.45) is 5.41 Å². The van der Waals surface area contributed by atoms with Gasteiger partial charge >= 0.3 is 0 Å². The molecule has 1 fully saturated rings. The molecule has 0 N–H and O–H groups in total. The van der Waals surface area contributed by atoms with E-state index in [1.165, 1.54) is 28.7 Å². The minimum Gasteiger partial charge on any atom is -0.291 e. The number of hydrogen-bond acceptors (Lipinski definition) is 5. The number of aromatic nitrogens is 3. The normalized spacial score (nSPS) is 19.2. The summed E-state index contributed by atoms with van der Waals surface area (Å²) in [5.74, 6) is -1.39. The summed E-state index contributed by atoms with van der Waals surface area (Å²) in [6, 6.07) is 14.2. The smallest absolute Gasteiger partial charge is 0.243 e. The summed E-state index contributed by atoms with van der Waals surface area (Å²) in [5.41, 5.74) is 1.91. The molecule has 0 amide bonds. The van der Waals surface area contributed by atoms with Crippen molar-refractivity contribution in [1.29, 1.82) is 0 Å². The van der Waals surface area contributed by atoms with Crippen molar-refractivity contribution in [2.75, 3.05) is 13.1 Å². The van der Waals surface area contributed by atoms with Crippen molar-refractivity contribution in [3.05, 3.63) is 112 Å². The summed E-state index contributed by atoms with van der Waals surface area (Å²) in [5, 5.41) is 4.19. The molecule has 7 nitrogen and oxygen atoms in total. The molecule has 1 atom stereocenters. The lowest BCUT2D eigenvalue weighted by molar-refractivity contribution is 0.0770. The number of fused-ring (bicyclic) bond motifs is 2. The molecule has 1 aliphatic carbocycles. The molecule has 0 spiro atoms. The van der Waals surface area contributed by atoms with Gasteiger partial charge in [-0.1, -0.05) is 23.2 Å². The van der Waals surface area contributed by atoms with Gasteiger partial charge in [0.25, 0.3) is 0 Å². The monoisotopic (exact) mass is 566 g/mol. The number of carbonyl (C=O) groups excluding carboxylic acids is 1. The molecule has 6 rings (SSSR count). The predicted octanol–water partition coefficient (Wildman–Crippen LogP) is 5.10. The quantitative estimate of drug-likeness (QED) is 0.314. The first-order valence-corrected chi connectivity index (χ1v) is 14.0. The van der Waals surface area contributed by atoms with Crippen LogP contribution >= 0.6 is 11.6 Å². The Morgan fingerprint density at radius 1 is 1.05 bits per heavy atom. The number of Topliss-reactive ketones (excluding diaryl/α,β-unsaturated/α-hetero) is 1. The third kappa shape index (κ3) is 4.28. The van der Waals surface area contributed by atoms with Crippen LogP contribution in [0.3, 0.4) is 0 Å². The summed E-state index contributed by atoms with van der Waals surface area (Å²) in [6.45, 7) is -0.0207. The summed E-state index contributed by atoms with van der Waals surface area (Å²) < 4.78 is 57.5. The zero-order valence-electron chi connectivity index (χ0n) is 20.4. The number of piperidine rings is 1. The third-order valence-electron chi connectivity index (χ3n) is 7.31. The van der Waals surface area contributed by atoms with Gasteiger partial charge in [-0.15, -0.1) is 0 Å². The van der Waals surface area contributed by atoms with Gasteiger partial charge in [0.15, 0.2) is 5.78 Å². The van der Waals surface area contributed by atoms with Crippen LogP contribution in [0.15, 0.2) is 83.5 Å². The van der Waals surface area contributed by atoms with E-state index in [9.17, 15) is 22.0 Å². The molecule has 1 saturated heterocycles. The number of nitrogens with zero attached hydrogens (tertiary/aromatic N) is 4. The third-order valence-corrected chi connectivity index (χ3v) is 9.44. The maximum atomic E-state index is 14.1. The molecule has 2 aromatic heterocycles. The van der Waals surface area contributed by atoms with Crippen molar-refractivity contribution in [3.63, 3.8) is 0 Å². The van der Waals surface area contributed by atoms with Crippen LogP contribution in [0, 0.1) is 17.0 Å². The van der Waals surface area contributed by atoms with E-state index >= 15 is 0 Å². The second-order valence-corrected chi connectivity index (χ2v) is 11.9. The first-order chi connectivity index (χ1) is 18.7. The number of halogens is 3. The molecule has 0 unspecified atom stereocenters. The van der Waals surface area contributed by atoms with Crippen molar-refractivity contribution in [3.8, 4) is 5.69 Å². The van der Waals surface area contributed by atoms with Gasteiger partial charge in [0.1, 0.15) is 17.3 Å². The Morgan fingerprint density at radius 3 is 2.56 bits per heavy atom. The van der Waals surface area contributed by atoms with E-state index in [0.29, 0.717) is 5.69 Å². The number of pyridine rings is 1. The molecular weight excluding hydrogens is 546 g/mol. The van der Waals surface area contributed by atoms with Crippen molar-refractivity contribution in [1.82, 2.24) is 19.1 Å². The van der Waals surface area contributed by atoms with Crippen LogP contribution in [-0.4, -0.2) is 46.4 Å². The van der Waals surface area contributed by atoms with Crippen LogP contribution in [0.5, 0.6) is 0 Å². The van der Waals surface area contributed by atoms with E-state index < -0.39 is 21.3 Å². The maximum Gasteiger partial charge on any atom is 0.243 e. The summed E-state index contributed by atoms with van der Waals surface area (Å²) in [7, 11) is -4.10. The Balaban J connectivity index is 1.45. The lowest BCUT2D eigenvalue weighted by Crippen LogP contribution is -2.53. The van der Waals surface area contributed by atoms with Crippen molar-refractivity contribution >= 4 is 33.5 Å². The van der Waals surface area contributed by atoms with E-state index in [-0.39, 0.29) is 53.1 Å². The number of ketones is 1. The van der Waals surface area contributed by atoms with Crippen LogP contribution in [0.2, 0.25) is 5.02 Å². The highest BCUT2D eigenvalue weighted by molar-refractivity contribution is 7.89. The molecule has 0 saturated carbocycles. The highest BCUT2D eigenvalue weighted by atomic mass is 35.5. The minimum absolute atomic E-state index is 0.112. The average Bonchev–Trinajstić information content (AvgIpc) is 3.35. The number of benzene rings is 2. The molecule has 11 heteroatoms. The van der Waals surface area contributed by atoms with Crippen molar-refractivity contribution in [2.45, 2.75) is 17.7 Å². The lowest BCUT2D eigenvalue weighted by Gasteiger charge is -2.44. The Kier molecular flexibility index (Phi) is 6.21. The summed E-state index contributed by atoms with van der Waals surface area (Å²) in [4.78, 5) is 18.2. The van der Waals surface area contributed by atoms with Crippen LogP contribution in [0.1, 0.15) is 28.2 Å². The second kappa shape index (κ2) is 9.48. The van der Waals surface area contributed by atoms with Crippen LogP contribution in [0.4, 0.5) is 8.78 Å². The topological polar surface area (TPSA) is 85.2 Å². The number of carbonyl (C=O) groups is 1. The fourth-order valence-electron chi connectivity index (χ4n) is 5.34. The second-order valence-electron chi connectivity index (χ2n) is 9.58. The van der Waals surface area contributed by atoms with Gasteiger partial charge in [0, 0.05) is 19.3 Å². The number of hydrogen-bond donors (Lipinski definition) is 0. The van der Waals surface area contributed by atoms with E-state index in [2.05, 4.69) is 10.1 Å². The first kappa shape index (κ1) is 25.5. The fraction of sp³-hybridized carbons (Fsp3) is 0.179. The molecular formula is C28H21ClF2N4O3S. The SMILES string of the molecule is O=C(c1ccccn1)[C@]12Cc3cnn(-c4ccc(F)cc4)c3C=C1CCN(S(=O)(=O)c1ccc(F)c(Cl)c1)C2. The highest BCUT2D eigenvalue weighted by Gasteiger charge is 2.51. The van der Waals surface area contributed by atoms with E-state index in [1.807, 2.05) is 6.08 Å². The van der Waals surface area contributed by atoms with Gasteiger partial charge in [-0.2, -0.15) is 9.40 Å². The molecule has 4 aromatic rings. The molecule has 3 heterocycles. The minimum atomic E-state index is -4.10. The molecule has 2 aromatic carbocycles. The zero-order chi connectivity index (χ0) is 27.4. The Bertz CT molecular complexity index is 1740. The Morgan fingerprint density at radius 2 is 1.85 bits per heavy atom. The Hall–Kier alpha value is -3.73. The molecule has 0 bridgehead atoms. The van der Waals surface area contributed by atoms with Gasteiger partial charge in [-0.25, -0.2) is 21.9 Å². The average molecular weight is 567 g/mol. The van der Waals surface area contributed by atoms with Gasteiger partial charge in [-0.05, 0) is 79.1 Å². The highest BCUT2D eigenvalue weighted by Crippen LogP contribution is 2.47. The fourth-order valence-corrected chi connectivity index (χ4v) is 7.11. The molecule has 39 heavy (non-hydrogen) atoms. The molecule has 0 radical (unpaired) electrons. The molecule has 198 valence electrons. The van der Waals surface area contributed by atoms with Crippen LogP contribution in [-0.2, 0) is 16.4 Å². The zero-order valence-corrected chi connectivity index (χ0v) is 22.0. The number of rotatable bonds is 5. The lowest BCUT2D eigenvalue weighted by atomic mass is 9.65. The molecule has 1 aliphatic heterocycles. The van der Waals surface area contributed by atoms with Crippen LogP contribution in [0.25, 0.3) is 11.8 Å². The van der Waals surface area contributed by atoms with Gasteiger partial charge in [0.05, 0.1) is 32.9 Å². The van der Waals surface area contributed by atoms with E-state index in [0.717, 1.165) is 29.0 Å². The van der Waals surface area contributed by atoms with E-state index in [4.69, 9.17) is 11.6 Å². The Labute approximate surface area is 228 Å². The summed E-state index contributed by atoms with van der Waals surface area (Å²) >= 11 is 5.89. The number of sulfonamides is 1. The predicted molar refractivity (Wildman–Crippen MR) is 141 cm³/mol. The van der Waals surface area contributed by atoms with Crippen LogP contribution < -0.4 is 0 Å². The first-order valence-electron chi connectivity index (χ1n) is 12.1. The largest absolute Gasteiger partial charge is 0.291 e. The molecule has 2 aliphatic rings. The van der Waals surface area contributed by atoms with Gasteiger partial charge in [-0.3, -0.25) is 9.78 Å². The van der Waals surface area contributed by atoms with Gasteiger partial charge in [0.2, 0.25) is 10.0 Å². The van der Waals surface area contributed by atoms with E-state index in [1.54, 1.807) is 41.2 Å². The summed E-state index contributed by atoms with van der Waals surface area (Å²) in [6.07, 6.45) is 5.52.